The number of nitrogens with one attached hydrogen (secondary N) is 1. The number of carbonyl (C=O) groups excluding carboxylic acids is 1. The highest BCUT2D eigenvalue weighted by Gasteiger charge is 2.24. The second kappa shape index (κ2) is 7.51. The van der Waals surface area contributed by atoms with E-state index in [0.29, 0.717) is 36.3 Å². The van der Waals surface area contributed by atoms with Gasteiger partial charge in [0.15, 0.2) is 0 Å². The molecule has 1 heterocycles. The van der Waals surface area contributed by atoms with Crippen molar-refractivity contribution in [2.75, 3.05) is 22.4 Å². The van der Waals surface area contributed by atoms with Gasteiger partial charge in [0.2, 0.25) is 10.0 Å². The molecule has 0 aromatic heterocycles. The summed E-state index contributed by atoms with van der Waals surface area (Å²) in [6, 6.07) is 10.4. The largest absolute Gasteiger partial charge is 0.435 e. The van der Waals surface area contributed by atoms with Crippen LogP contribution in [-0.2, 0) is 16.4 Å². The molecule has 3 rings (SSSR count). The van der Waals surface area contributed by atoms with Crippen molar-refractivity contribution in [1.29, 1.82) is 0 Å². The molecule has 2 aromatic rings. The van der Waals surface area contributed by atoms with Crippen molar-refractivity contribution < 1.29 is 26.7 Å². The molecule has 0 aliphatic carbocycles. The normalized spacial score (nSPS) is 14.0. The van der Waals surface area contributed by atoms with Gasteiger partial charge in [0, 0.05) is 17.8 Å². The van der Waals surface area contributed by atoms with Crippen molar-refractivity contribution in [3.05, 3.63) is 53.6 Å². The van der Waals surface area contributed by atoms with E-state index in [0.717, 1.165) is 11.8 Å². The van der Waals surface area contributed by atoms with E-state index in [1.54, 1.807) is 18.2 Å². The summed E-state index contributed by atoms with van der Waals surface area (Å²) < 4.78 is 53.7. The highest BCUT2D eigenvalue weighted by Crippen LogP contribution is 2.30. The number of ether oxygens (including phenoxy) is 1. The second-order valence-electron chi connectivity index (χ2n) is 6.14. The van der Waals surface area contributed by atoms with E-state index in [1.807, 2.05) is 0 Å². The van der Waals surface area contributed by atoms with Gasteiger partial charge in [0.25, 0.3) is 5.91 Å². The van der Waals surface area contributed by atoms with Crippen LogP contribution in [0.3, 0.4) is 0 Å². The van der Waals surface area contributed by atoms with E-state index in [9.17, 15) is 22.0 Å². The minimum absolute atomic E-state index is 0.00218. The third-order valence-corrected chi connectivity index (χ3v) is 5.34. The highest BCUT2D eigenvalue weighted by molar-refractivity contribution is 7.92. The fourth-order valence-corrected chi connectivity index (χ4v) is 3.97. The van der Waals surface area contributed by atoms with E-state index in [4.69, 9.17) is 0 Å². The summed E-state index contributed by atoms with van der Waals surface area (Å²) >= 11 is 0. The highest BCUT2D eigenvalue weighted by atomic mass is 32.2. The SMILES string of the molecule is CS(=O)(=O)N1CCCc2cc(C(=O)Nc3ccc(OC(F)F)cc3)ccc21. The lowest BCUT2D eigenvalue weighted by Crippen LogP contribution is -2.34. The van der Waals surface area contributed by atoms with Crippen LogP contribution in [0, 0.1) is 0 Å². The average Bonchev–Trinajstić information content (AvgIpc) is 2.61. The van der Waals surface area contributed by atoms with Crippen LogP contribution in [0.5, 0.6) is 5.75 Å². The number of hydrogen-bond acceptors (Lipinski definition) is 4. The maximum atomic E-state index is 12.4. The van der Waals surface area contributed by atoms with E-state index in [1.165, 1.54) is 28.6 Å². The number of amides is 1. The molecule has 0 saturated carbocycles. The Kier molecular flexibility index (Phi) is 5.31. The minimum atomic E-state index is -3.37. The molecule has 27 heavy (non-hydrogen) atoms. The van der Waals surface area contributed by atoms with Gasteiger partial charge in [-0.15, -0.1) is 0 Å². The van der Waals surface area contributed by atoms with Gasteiger partial charge in [-0.25, -0.2) is 8.42 Å². The summed E-state index contributed by atoms with van der Waals surface area (Å²) in [6.45, 7) is -2.49. The lowest BCUT2D eigenvalue weighted by molar-refractivity contribution is -0.0498. The van der Waals surface area contributed by atoms with Crippen molar-refractivity contribution in [2.24, 2.45) is 0 Å². The number of benzene rings is 2. The molecule has 1 N–H and O–H groups in total. The number of rotatable bonds is 5. The fourth-order valence-electron chi connectivity index (χ4n) is 2.97. The van der Waals surface area contributed by atoms with Gasteiger partial charge in [0.05, 0.1) is 11.9 Å². The van der Waals surface area contributed by atoms with Gasteiger partial charge in [-0.3, -0.25) is 9.10 Å². The first kappa shape index (κ1) is 19.1. The Morgan fingerprint density at radius 1 is 1.19 bits per heavy atom. The quantitative estimate of drug-likeness (QED) is 0.842. The van der Waals surface area contributed by atoms with Gasteiger partial charge >= 0.3 is 6.61 Å². The molecule has 1 aliphatic heterocycles. The van der Waals surface area contributed by atoms with Gasteiger partial charge in [0.1, 0.15) is 5.75 Å². The van der Waals surface area contributed by atoms with Gasteiger partial charge < -0.3 is 10.1 Å². The number of carbonyl (C=O) groups is 1. The Balaban J connectivity index is 1.76. The van der Waals surface area contributed by atoms with Crippen molar-refractivity contribution in [3.8, 4) is 5.75 Å². The summed E-state index contributed by atoms with van der Waals surface area (Å²) in [6.07, 6.45) is 2.52. The number of anilines is 2. The molecule has 144 valence electrons. The van der Waals surface area contributed by atoms with Crippen LogP contribution in [0.15, 0.2) is 42.5 Å². The summed E-state index contributed by atoms with van der Waals surface area (Å²) in [5, 5.41) is 2.67. The Morgan fingerprint density at radius 3 is 2.52 bits per heavy atom. The van der Waals surface area contributed by atoms with Crippen LogP contribution in [0.1, 0.15) is 22.3 Å². The first-order valence-corrected chi connectivity index (χ1v) is 10.1. The molecule has 0 bridgehead atoms. The number of fused-ring (bicyclic) bond motifs is 1. The second-order valence-corrected chi connectivity index (χ2v) is 8.05. The standard InChI is InChI=1S/C18H18F2N2O4S/c1-27(24,25)22-10-2-3-12-11-13(4-9-16(12)22)17(23)21-14-5-7-15(8-6-14)26-18(19)20/h4-9,11,18H,2-3,10H2,1H3,(H,21,23). The number of halogens is 2. The molecule has 2 aromatic carbocycles. The maximum Gasteiger partial charge on any atom is 0.387 e. The molecule has 6 nitrogen and oxygen atoms in total. The van der Waals surface area contributed by atoms with E-state index >= 15 is 0 Å². The van der Waals surface area contributed by atoms with Crippen molar-refractivity contribution in [3.63, 3.8) is 0 Å². The van der Waals surface area contributed by atoms with Gasteiger partial charge in [-0.05, 0) is 60.9 Å². The summed E-state index contributed by atoms with van der Waals surface area (Å²) in [5.41, 5.74) is 2.20. The number of alkyl halides is 2. The summed E-state index contributed by atoms with van der Waals surface area (Å²) in [5.74, 6) is -0.380. The van der Waals surface area contributed by atoms with Crippen LogP contribution in [0.25, 0.3) is 0 Å². The van der Waals surface area contributed by atoms with Gasteiger partial charge in [-0.2, -0.15) is 8.78 Å². The smallest absolute Gasteiger partial charge is 0.387 e. The molecule has 0 radical (unpaired) electrons. The van der Waals surface area contributed by atoms with E-state index in [-0.39, 0.29) is 11.7 Å². The van der Waals surface area contributed by atoms with Crippen molar-refractivity contribution in [1.82, 2.24) is 0 Å². The average molecular weight is 396 g/mol. The zero-order chi connectivity index (χ0) is 19.6. The van der Waals surface area contributed by atoms with Crippen LogP contribution >= 0.6 is 0 Å². The zero-order valence-electron chi connectivity index (χ0n) is 14.5. The Labute approximate surface area is 155 Å². The number of sulfonamides is 1. The molecule has 0 unspecified atom stereocenters. The van der Waals surface area contributed by atoms with Crippen LogP contribution in [0.4, 0.5) is 20.2 Å². The topological polar surface area (TPSA) is 75.7 Å². The Hall–Kier alpha value is -2.68. The predicted molar refractivity (Wildman–Crippen MR) is 98.0 cm³/mol. The molecule has 0 spiro atoms. The fraction of sp³-hybridized carbons (Fsp3) is 0.278. The lowest BCUT2D eigenvalue weighted by Gasteiger charge is -2.29. The lowest BCUT2D eigenvalue weighted by atomic mass is 10.0. The molecular formula is C18H18F2N2O4S. The number of aryl methyl sites for hydroxylation is 1. The van der Waals surface area contributed by atoms with Crippen molar-refractivity contribution >= 4 is 27.3 Å². The monoisotopic (exact) mass is 396 g/mol. The molecule has 1 aliphatic rings. The van der Waals surface area contributed by atoms with Gasteiger partial charge in [-0.1, -0.05) is 0 Å². The van der Waals surface area contributed by atoms with Crippen LogP contribution in [-0.4, -0.2) is 33.7 Å². The van der Waals surface area contributed by atoms with E-state index in [2.05, 4.69) is 10.1 Å². The molecular weight excluding hydrogens is 378 g/mol. The van der Waals surface area contributed by atoms with E-state index < -0.39 is 16.6 Å². The third-order valence-electron chi connectivity index (χ3n) is 4.16. The predicted octanol–water partition coefficient (Wildman–Crippen LogP) is 3.25. The van der Waals surface area contributed by atoms with Crippen molar-refractivity contribution in [2.45, 2.75) is 19.5 Å². The minimum Gasteiger partial charge on any atom is -0.435 e. The first-order valence-electron chi connectivity index (χ1n) is 8.21. The van der Waals surface area contributed by atoms with Crippen LogP contribution < -0.4 is 14.4 Å². The molecule has 0 fully saturated rings. The summed E-state index contributed by atoms with van der Waals surface area (Å²) in [4.78, 5) is 12.4. The Bertz CT molecular complexity index is 946. The number of hydrogen-bond donors (Lipinski definition) is 1. The molecule has 1 amide bonds. The number of nitrogens with zero attached hydrogens (tertiary/aromatic N) is 1. The van der Waals surface area contributed by atoms with Crippen LogP contribution in [0.2, 0.25) is 0 Å². The first-order chi connectivity index (χ1) is 12.7. The maximum absolute atomic E-state index is 12.4. The Morgan fingerprint density at radius 2 is 1.89 bits per heavy atom. The zero-order valence-corrected chi connectivity index (χ0v) is 15.3. The summed E-state index contributed by atoms with van der Waals surface area (Å²) in [7, 11) is -3.37. The molecule has 0 atom stereocenters. The molecule has 0 saturated heterocycles. The third kappa shape index (κ3) is 4.54. The molecule has 9 heteroatoms.